The fourth-order valence-electron chi connectivity index (χ4n) is 4.22. The Morgan fingerprint density at radius 1 is 1.39 bits per heavy atom. The normalized spacial score (nSPS) is 21.5. The molecule has 5 rings (SSSR count). The molecule has 2 aliphatic heterocycles. The molecule has 1 amide bonds. The number of carbonyl (C=O) groups excluding carboxylic acids is 2. The number of amides is 1. The summed E-state index contributed by atoms with van der Waals surface area (Å²) in [5, 5.41) is 9.04. The number of piperazine rings is 1. The van der Waals surface area contributed by atoms with Gasteiger partial charge in [0.15, 0.2) is 5.69 Å². The lowest BCUT2D eigenvalue weighted by Gasteiger charge is -2.33. The summed E-state index contributed by atoms with van der Waals surface area (Å²) in [5.74, 6) is -0.0535. The molecule has 3 aromatic rings. The van der Waals surface area contributed by atoms with Gasteiger partial charge in [-0.05, 0) is 31.5 Å². The minimum Gasteiger partial charge on any atom is -0.452 e. The van der Waals surface area contributed by atoms with Gasteiger partial charge >= 0.3 is 0 Å². The minimum absolute atomic E-state index is 0.0535. The van der Waals surface area contributed by atoms with E-state index >= 15 is 0 Å². The number of nitrogens with one attached hydrogen (secondary N) is 1. The number of aromatic amines is 1. The van der Waals surface area contributed by atoms with Crippen LogP contribution in [-0.2, 0) is 9.53 Å². The van der Waals surface area contributed by atoms with Crippen LogP contribution >= 0.6 is 11.3 Å². The molecule has 0 spiro atoms. The summed E-state index contributed by atoms with van der Waals surface area (Å²) >= 11 is 1.63. The van der Waals surface area contributed by atoms with Gasteiger partial charge in [-0.2, -0.15) is 5.10 Å². The Bertz CT molecular complexity index is 1060. The van der Waals surface area contributed by atoms with E-state index in [1.807, 2.05) is 36.2 Å². The summed E-state index contributed by atoms with van der Waals surface area (Å²) < 4.78 is 4.87. The van der Waals surface area contributed by atoms with E-state index in [9.17, 15) is 9.59 Å². The summed E-state index contributed by atoms with van der Waals surface area (Å²) in [7, 11) is 0. The van der Waals surface area contributed by atoms with Crippen LogP contribution < -0.4 is 0 Å². The minimum atomic E-state index is -0.0535. The molecular weight excluding hydrogens is 378 g/mol. The number of likely N-dealkylation sites (tertiary alicyclic amines) is 2. The van der Waals surface area contributed by atoms with Crippen LogP contribution in [0.15, 0.2) is 24.4 Å². The number of hydrogen-bond acceptors (Lipinski definition) is 7. The van der Waals surface area contributed by atoms with Crippen molar-refractivity contribution < 1.29 is 14.3 Å². The van der Waals surface area contributed by atoms with Crippen LogP contribution in [0.3, 0.4) is 0 Å². The molecule has 9 heteroatoms. The first kappa shape index (κ1) is 17.3. The lowest BCUT2D eigenvalue weighted by atomic mass is 10.1. The number of ether oxygens (including phenoxy) is 1. The molecule has 2 fully saturated rings. The maximum absolute atomic E-state index is 13.2. The number of aryl methyl sites for hydroxylation is 1. The summed E-state index contributed by atoms with van der Waals surface area (Å²) in [6.07, 6.45) is 2.76. The molecule has 0 unspecified atom stereocenters. The quantitative estimate of drug-likeness (QED) is 0.663. The van der Waals surface area contributed by atoms with Gasteiger partial charge in [0.25, 0.3) is 12.4 Å². The molecule has 2 aromatic heterocycles. The van der Waals surface area contributed by atoms with Crippen LogP contribution in [0.5, 0.6) is 0 Å². The van der Waals surface area contributed by atoms with E-state index in [4.69, 9.17) is 4.74 Å². The van der Waals surface area contributed by atoms with E-state index in [-0.39, 0.29) is 24.7 Å². The molecule has 0 saturated carbocycles. The predicted octanol–water partition coefficient (Wildman–Crippen LogP) is 2.02. The average Bonchev–Trinajstić information content (AvgIpc) is 3.47. The Hall–Kier alpha value is -2.78. The van der Waals surface area contributed by atoms with Gasteiger partial charge in [-0.1, -0.05) is 0 Å². The SMILES string of the molecule is Cc1cnc(-c2ccc3[nH]nc(C(=O)N4C[C@@H]5C[C@H]4CN5COC=O)c3c2)s1. The molecule has 1 aromatic carbocycles. The third kappa shape index (κ3) is 2.78. The monoisotopic (exact) mass is 397 g/mol. The van der Waals surface area contributed by atoms with Crippen molar-refractivity contribution in [2.45, 2.75) is 25.4 Å². The number of nitrogens with zero attached hydrogens (tertiary/aromatic N) is 4. The first-order valence-corrected chi connectivity index (χ1v) is 9.97. The van der Waals surface area contributed by atoms with Gasteiger partial charge < -0.3 is 9.64 Å². The zero-order valence-electron chi connectivity index (χ0n) is 15.3. The maximum Gasteiger partial charge on any atom is 0.294 e. The number of hydrogen-bond donors (Lipinski definition) is 1. The average molecular weight is 397 g/mol. The molecule has 2 aliphatic rings. The van der Waals surface area contributed by atoms with Gasteiger partial charge in [0, 0.05) is 47.2 Å². The highest BCUT2D eigenvalue weighted by Crippen LogP contribution is 2.33. The molecule has 2 atom stereocenters. The lowest BCUT2D eigenvalue weighted by molar-refractivity contribution is -0.134. The Morgan fingerprint density at radius 2 is 2.29 bits per heavy atom. The number of carbonyl (C=O) groups is 2. The van der Waals surface area contributed by atoms with Gasteiger partial charge in [0.1, 0.15) is 11.7 Å². The number of H-pyrrole nitrogens is 1. The van der Waals surface area contributed by atoms with Crippen molar-refractivity contribution in [1.82, 2.24) is 25.0 Å². The van der Waals surface area contributed by atoms with Crippen LogP contribution in [0.1, 0.15) is 21.8 Å². The van der Waals surface area contributed by atoms with Crippen molar-refractivity contribution >= 4 is 34.6 Å². The second-order valence-electron chi connectivity index (χ2n) is 7.27. The van der Waals surface area contributed by atoms with E-state index in [0.29, 0.717) is 18.7 Å². The highest BCUT2D eigenvalue weighted by molar-refractivity contribution is 7.14. The second-order valence-corrected chi connectivity index (χ2v) is 8.51. The van der Waals surface area contributed by atoms with E-state index in [0.717, 1.165) is 39.3 Å². The van der Waals surface area contributed by atoms with Crippen LogP contribution in [0.25, 0.3) is 21.5 Å². The maximum atomic E-state index is 13.2. The first-order valence-electron chi connectivity index (χ1n) is 9.15. The number of fused-ring (bicyclic) bond motifs is 3. The Balaban J connectivity index is 1.41. The molecule has 0 radical (unpaired) electrons. The smallest absolute Gasteiger partial charge is 0.294 e. The highest BCUT2D eigenvalue weighted by atomic mass is 32.1. The summed E-state index contributed by atoms with van der Waals surface area (Å²) in [6.45, 7) is 4.13. The molecule has 4 heterocycles. The molecule has 2 saturated heterocycles. The fraction of sp³-hybridized carbons (Fsp3) is 0.368. The molecule has 28 heavy (non-hydrogen) atoms. The van der Waals surface area contributed by atoms with Crippen molar-refractivity contribution in [2.24, 2.45) is 0 Å². The topological polar surface area (TPSA) is 91.4 Å². The van der Waals surface area contributed by atoms with Crippen LogP contribution in [-0.4, -0.2) is 69.3 Å². The Morgan fingerprint density at radius 3 is 3.00 bits per heavy atom. The number of thiazole rings is 1. The second kappa shape index (κ2) is 6.68. The summed E-state index contributed by atoms with van der Waals surface area (Å²) in [6, 6.07) is 6.29. The first-order chi connectivity index (χ1) is 13.6. The van der Waals surface area contributed by atoms with Crippen LogP contribution in [0.4, 0.5) is 0 Å². The van der Waals surface area contributed by atoms with Gasteiger partial charge in [-0.25, -0.2) is 4.98 Å². The zero-order chi connectivity index (χ0) is 19.3. The molecular formula is C19H19N5O3S. The van der Waals surface area contributed by atoms with Crippen molar-refractivity contribution in [3.8, 4) is 10.6 Å². The lowest BCUT2D eigenvalue weighted by Crippen LogP contribution is -2.49. The number of aromatic nitrogens is 3. The van der Waals surface area contributed by atoms with Crippen molar-refractivity contribution in [3.63, 3.8) is 0 Å². The van der Waals surface area contributed by atoms with Crippen LogP contribution in [0.2, 0.25) is 0 Å². The number of rotatable bonds is 5. The third-order valence-corrected chi connectivity index (χ3v) is 6.52. The summed E-state index contributed by atoms with van der Waals surface area (Å²) in [4.78, 5) is 33.2. The number of benzene rings is 1. The van der Waals surface area contributed by atoms with E-state index in [2.05, 4.69) is 20.1 Å². The fourth-order valence-corrected chi connectivity index (χ4v) is 4.98. The molecule has 1 N–H and O–H groups in total. The Kier molecular flexibility index (Phi) is 4.13. The van der Waals surface area contributed by atoms with Gasteiger partial charge in [-0.3, -0.25) is 19.6 Å². The standard InChI is InChI=1S/C19H19N5O3S/c1-11-6-20-18(28-11)12-2-3-16-15(4-12)17(22-21-16)19(26)24-8-13-5-14(24)7-23(13)9-27-10-25/h2-4,6,10,13-14H,5,7-9H2,1H3,(H,21,22)/t13-,14-/m0/s1. The van der Waals surface area contributed by atoms with Gasteiger partial charge in [-0.15, -0.1) is 11.3 Å². The van der Waals surface area contributed by atoms with Crippen LogP contribution in [0, 0.1) is 6.92 Å². The molecule has 8 nitrogen and oxygen atoms in total. The Labute approximate surface area is 165 Å². The van der Waals surface area contributed by atoms with Crippen molar-refractivity contribution in [2.75, 3.05) is 19.8 Å². The van der Waals surface area contributed by atoms with Crippen molar-refractivity contribution in [3.05, 3.63) is 35.0 Å². The predicted molar refractivity (Wildman–Crippen MR) is 104 cm³/mol. The highest BCUT2D eigenvalue weighted by Gasteiger charge is 2.46. The van der Waals surface area contributed by atoms with E-state index in [1.165, 1.54) is 0 Å². The molecule has 2 bridgehead atoms. The van der Waals surface area contributed by atoms with E-state index in [1.54, 1.807) is 11.3 Å². The van der Waals surface area contributed by atoms with Gasteiger partial charge in [0.05, 0.1) is 5.52 Å². The molecule has 0 aliphatic carbocycles. The largest absolute Gasteiger partial charge is 0.452 e. The zero-order valence-corrected chi connectivity index (χ0v) is 16.1. The summed E-state index contributed by atoms with van der Waals surface area (Å²) in [5.41, 5.74) is 2.28. The van der Waals surface area contributed by atoms with E-state index < -0.39 is 0 Å². The third-order valence-electron chi connectivity index (χ3n) is 5.56. The molecule has 144 valence electrons. The van der Waals surface area contributed by atoms with Gasteiger partial charge in [0.2, 0.25) is 0 Å². The van der Waals surface area contributed by atoms with Crippen molar-refractivity contribution in [1.29, 1.82) is 0 Å².